The minimum atomic E-state index is -3.20. The SMILES string of the molecule is CCOc1ccc(S(C)(=O)=O)nc1. The Balaban J connectivity index is 2.94. The molecule has 1 rings (SSSR count). The number of sulfone groups is 1. The first-order valence-corrected chi connectivity index (χ1v) is 5.72. The van der Waals surface area contributed by atoms with Crippen molar-refractivity contribution in [2.45, 2.75) is 11.9 Å². The Morgan fingerprint density at radius 3 is 2.54 bits per heavy atom. The third-order valence-electron chi connectivity index (χ3n) is 1.40. The van der Waals surface area contributed by atoms with Crippen LogP contribution in [0.2, 0.25) is 0 Å². The monoisotopic (exact) mass is 201 g/mol. The molecule has 1 heterocycles. The van der Waals surface area contributed by atoms with E-state index in [1.807, 2.05) is 6.92 Å². The van der Waals surface area contributed by atoms with E-state index in [0.717, 1.165) is 6.26 Å². The van der Waals surface area contributed by atoms with Gasteiger partial charge in [-0.15, -0.1) is 0 Å². The minimum absolute atomic E-state index is 0.0657. The van der Waals surface area contributed by atoms with Gasteiger partial charge in [0.25, 0.3) is 0 Å². The number of hydrogen-bond donors (Lipinski definition) is 0. The third kappa shape index (κ3) is 2.69. The zero-order chi connectivity index (χ0) is 9.90. The van der Waals surface area contributed by atoms with Crippen molar-refractivity contribution < 1.29 is 13.2 Å². The van der Waals surface area contributed by atoms with Crippen molar-refractivity contribution >= 4 is 9.84 Å². The molecule has 0 N–H and O–H groups in total. The molecule has 0 fully saturated rings. The highest BCUT2D eigenvalue weighted by molar-refractivity contribution is 7.90. The van der Waals surface area contributed by atoms with Crippen LogP contribution in [-0.4, -0.2) is 26.3 Å². The molecule has 13 heavy (non-hydrogen) atoms. The maximum absolute atomic E-state index is 11.0. The quantitative estimate of drug-likeness (QED) is 0.728. The molecule has 0 aliphatic heterocycles. The van der Waals surface area contributed by atoms with Crippen LogP contribution in [0.25, 0.3) is 0 Å². The van der Waals surface area contributed by atoms with E-state index >= 15 is 0 Å². The fourth-order valence-electron chi connectivity index (χ4n) is 0.838. The van der Waals surface area contributed by atoms with Crippen molar-refractivity contribution in [1.29, 1.82) is 0 Å². The van der Waals surface area contributed by atoms with Gasteiger partial charge in [0, 0.05) is 6.26 Å². The van der Waals surface area contributed by atoms with Gasteiger partial charge in [-0.3, -0.25) is 0 Å². The minimum Gasteiger partial charge on any atom is -0.492 e. The highest BCUT2D eigenvalue weighted by Crippen LogP contribution is 2.11. The van der Waals surface area contributed by atoms with E-state index in [1.165, 1.54) is 12.3 Å². The van der Waals surface area contributed by atoms with Crippen molar-refractivity contribution in [1.82, 2.24) is 4.98 Å². The molecule has 0 unspecified atom stereocenters. The molecule has 0 aliphatic carbocycles. The lowest BCUT2D eigenvalue weighted by Gasteiger charge is -2.02. The van der Waals surface area contributed by atoms with Gasteiger partial charge in [0.05, 0.1) is 12.8 Å². The normalized spacial score (nSPS) is 11.2. The van der Waals surface area contributed by atoms with Crippen molar-refractivity contribution in [2.75, 3.05) is 12.9 Å². The van der Waals surface area contributed by atoms with Gasteiger partial charge in [-0.1, -0.05) is 0 Å². The van der Waals surface area contributed by atoms with Crippen LogP contribution in [0.1, 0.15) is 6.92 Å². The second-order valence-electron chi connectivity index (χ2n) is 2.54. The fourth-order valence-corrected chi connectivity index (χ4v) is 1.40. The van der Waals surface area contributed by atoms with Crippen LogP contribution < -0.4 is 4.74 Å². The van der Waals surface area contributed by atoms with E-state index in [4.69, 9.17) is 4.74 Å². The molecule has 0 aromatic carbocycles. The highest BCUT2D eigenvalue weighted by Gasteiger charge is 2.07. The molecule has 0 atom stereocenters. The number of aromatic nitrogens is 1. The summed E-state index contributed by atoms with van der Waals surface area (Å²) in [7, 11) is -3.20. The largest absolute Gasteiger partial charge is 0.492 e. The van der Waals surface area contributed by atoms with E-state index in [1.54, 1.807) is 6.07 Å². The number of rotatable bonds is 3. The predicted molar refractivity (Wildman–Crippen MR) is 48.5 cm³/mol. The van der Waals surface area contributed by atoms with E-state index in [-0.39, 0.29) is 5.03 Å². The van der Waals surface area contributed by atoms with Gasteiger partial charge in [0.2, 0.25) is 0 Å². The molecule has 1 aromatic heterocycles. The molecule has 0 saturated heterocycles. The Morgan fingerprint density at radius 1 is 1.46 bits per heavy atom. The standard InChI is InChI=1S/C8H11NO3S/c1-3-12-7-4-5-8(9-6-7)13(2,10)11/h4-6H,3H2,1-2H3. The van der Waals surface area contributed by atoms with Crippen molar-refractivity contribution in [3.05, 3.63) is 18.3 Å². The molecule has 0 spiro atoms. The maximum atomic E-state index is 11.0. The van der Waals surface area contributed by atoms with Crippen LogP contribution in [0.3, 0.4) is 0 Å². The zero-order valence-corrected chi connectivity index (χ0v) is 8.34. The first-order valence-electron chi connectivity index (χ1n) is 3.83. The highest BCUT2D eigenvalue weighted by atomic mass is 32.2. The third-order valence-corrected chi connectivity index (χ3v) is 2.40. The Hall–Kier alpha value is -1.10. The van der Waals surface area contributed by atoms with Gasteiger partial charge in [-0.2, -0.15) is 0 Å². The van der Waals surface area contributed by atoms with Gasteiger partial charge in [-0.05, 0) is 19.1 Å². The molecule has 0 bridgehead atoms. The first-order chi connectivity index (χ1) is 6.04. The van der Waals surface area contributed by atoms with Crippen molar-refractivity contribution in [2.24, 2.45) is 0 Å². The van der Waals surface area contributed by atoms with Crippen molar-refractivity contribution in [3.8, 4) is 5.75 Å². The van der Waals surface area contributed by atoms with Crippen LogP contribution in [0.4, 0.5) is 0 Å². The lowest BCUT2D eigenvalue weighted by atomic mass is 10.5. The second-order valence-corrected chi connectivity index (χ2v) is 4.50. The molecule has 5 heteroatoms. The summed E-state index contributed by atoms with van der Waals surface area (Å²) < 4.78 is 27.1. The average molecular weight is 201 g/mol. The van der Waals surface area contributed by atoms with Gasteiger partial charge in [0.1, 0.15) is 5.75 Å². The fraction of sp³-hybridized carbons (Fsp3) is 0.375. The molecule has 0 radical (unpaired) electrons. The zero-order valence-electron chi connectivity index (χ0n) is 7.52. The molecular formula is C8H11NO3S. The summed E-state index contributed by atoms with van der Waals surface area (Å²) in [6.07, 6.45) is 2.52. The van der Waals surface area contributed by atoms with Crippen LogP contribution >= 0.6 is 0 Å². The topological polar surface area (TPSA) is 56.3 Å². The second kappa shape index (κ2) is 3.74. The molecule has 1 aromatic rings. The smallest absolute Gasteiger partial charge is 0.192 e. The van der Waals surface area contributed by atoms with E-state index in [9.17, 15) is 8.42 Å². The molecule has 0 amide bonds. The van der Waals surface area contributed by atoms with Crippen LogP contribution in [0, 0.1) is 0 Å². The molecule has 0 saturated carbocycles. The number of hydrogen-bond acceptors (Lipinski definition) is 4. The van der Waals surface area contributed by atoms with Gasteiger partial charge in [0.15, 0.2) is 14.9 Å². The van der Waals surface area contributed by atoms with Gasteiger partial charge < -0.3 is 4.74 Å². The summed E-state index contributed by atoms with van der Waals surface area (Å²) in [5.74, 6) is 0.579. The number of ether oxygens (including phenoxy) is 1. The Kier molecular flexibility index (Phi) is 2.87. The van der Waals surface area contributed by atoms with Gasteiger partial charge in [-0.25, -0.2) is 13.4 Å². The van der Waals surface area contributed by atoms with Crippen LogP contribution in [0.5, 0.6) is 5.75 Å². The summed E-state index contributed by atoms with van der Waals surface area (Å²) in [6.45, 7) is 2.39. The molecule has 72 valence electrons. The molecular weight excluding hydrogens is 190 g/mol. The number of nitrogens with zero attached hydrogens (tertiary/aromatic N) is 1. The van der Waals surface area contributed by atoms with E-state index < -0.39 is 9.84 Å². The van der Waals surface area contributed by atoms with Crippen molar-refractivity contribution in [3.63, 3.8) is 0 Å². The average Bonchev–Trinajstić information content (AvgIpc) is 2.04. The Labute approximate surface area is 77.5 Å². The van der Waals surface area contributed by atoms with E-state index in [0.29, 0.717) is 12.4 Å². The summed E-state index contributed by atoms with van der Waals surface area (Å²) >= 11 is 0. The Morgan fingerprint density at radius 2 is 2.15 bits per heavy atom. The van der Waals surface area contributed by atoms with Gasteiger partial charge >= 0.3 is 0 Å². The lowest BCUT2D eigenvalue weighted by molar-refractivity contribution is 0.338. The molecule has 0 aliphatic rings. The van der Waals surface area contributed by atoms with E-state index in [2.05, 4.69) is 4.98 Å². The molecule has 4 nitrogen and oxygen atoms in total. The summed E-state index contributed by atoms with van der Waals surface area (Å²) in [5, 5.41) is 0.0657. The first kappa shape index (κ1) is 9.98. The van der Waals surface area contributed by atoms with Crippen LogP contribution in [0.15, 0.2) is 23.4 Å². The lowest BCUT2D eigenvalue weighted by Crippen LogP contribution is -2.00. The summed E-state index contributed by atoms with van der Waals surface area (Å²) in [4.78, 5) is 3.76. The Bertz CT molecular complexity index is 369. The number of pyridine rings is 1. The predicted octanol–water partition coefficient (Wildman–Crippen LogP) is 0.884. The maximum Gasteiger partial charge on any atom is 0.192 e. The van der Waals surface area contributed by atoms with Crippen LogP contribution in [-0.2, 0) is 9.84 Å². The summed E-state index contributed by atoms with van der Waals surface area (Å²) in [5.41, 5.74) is 0. The summed E-state index contributed by atoms with van der Waals surface area (Å²) in [6, 6.07) is 3.02.